The Hall–Kier alpha value is -4.98. The molecule has 3 aromatic carbocycles. The van der Waals surface area contributed by atoms with Crippen LogP contribution in [0.1, 0.15) is 17.0 Å². The molecule has 184 valence electrons. The number of nitrogens with one attached hydrogen (secondary N) is 2. The molecule has 0 aliphatic carbocycles. The zero-order chi connectivity index (χ0) is 25.5. The fraction of sp³-hybridized carbons (Fsp3) is 0.103. The number of rotatable bonds is 9. The average molecular weight is 493 g/mol. The van der Waals surface area contributed by atoms with Gasteiger partial charge in [-0.1, -0.05) is 48.5 Å². The van der Waals surface area contributed by atoms with E-state index in [1.54, 1.807) is 6.07 Å². The van der Waals surface area contributed by atoms with Crippen molar-refractivity contribution in [3.8, 4) is 22.9 Å². The summed E-state index contributed by atoms with van der Waals surface area (Å²) in [5.74, 6) is 0.564. The standard InChI is InChI=1S/C29H24N4O4/c34-26(15-24-18-36-28(32-24)21-9-3-1-4-10-21)30-17-20-8-7-13-23(14-20)31-27(35)16-25-19-37-29(33-25)22-11-5-2-6-12-22/h1-14,18-19H,15-17H2,(H,30,34)(H,31,35). The largest absolute Gasteiger partial charge is 0.444 e. The highest BCUT2D eigenvalue weighted by atomic mass is 16.3. The Morgan fingerprint density at radius 3 is 1.84 bits per heavy atom. The Labute approximate surface area is 213 Å². The van der Waals surface area contributed by atoms with Gasteiger partial charge in [0.05, 0.1) is 24.2 Å². The van der Waals surface area contributed by atoms with Crippen molar-refractivity contribution in [3.05, 3.63) is 114 Å². The van der Waals surface area contributed by atoms with Gasteiger partial charge in [0.1, 0.15) is 12.5 Å². The van der Waals surface area contributed by atoms with Gasteiger partial charge in [-0.15, -0.1) is 0 Å². The number of nitrogens with zero attached hydrogens (tertiary/aromatic N) is 2. The van der Waals surface area contributed by atoms with Crippen LogP contribution in [0.15, 0.2) is 106 Å². The van der Waals surface area contributed by atoms with E-state index in [9.17, 15) is 9.59 Å². The van der Waals surface area contributed by atoms with Crippen LogP contribution in [-0.2, 0) is 29.0 Å². The number of hydrogen-bond acceptors (Lipinski definition) is 6. The van der Waals surface area contributed by atoms with E-state index in [1.807, 2.05) is 78.9 Å². The van der Waals surface area contributed by atoms with E-state index in [0.717, 1.165) is 16.7 Å². The molecule has 2 heterocycles. The molecule has 0 fully saturated rings. The molecule has 0 aliphatic heterocycles. The SMILES string of the molecule is O=C(Cc1coc(-c2ccccc2)n1)NCc1cccc(NC(=O)Cc2coc(-c3ccccc3)n2)c1. The second kappa shape index (κ2) is 11.2. The lowest BCUT2D eigenvalue weighted by Crippen LogP contribution is -2.24. The second-order valence-electron chi connectivity index (χ2n) is 8.40. The Morgan fingerprint density at radius 2 is 1.24 bits per heavy atom. The topological polar surface area (TPSA) is 110 Å². The van der Waals surface area contributed by atoms with E-state index in [0.29, 0.717) is 35.4 Å². The van der Waals surface area contributed by atoms with Crippen LogP contribution in [0.25, 0.3) is 22.9 Å². The van der Waals surface area contributed by atoms with Crippen molar-refractivity contribution in [1.82, 2.24) is 15.3 Å². The van der Waals surface area contributed by atoms with Gasteiger partial charge >= 0.3 is 0 Å². The molecule has 2 amide bonds. The minimum atomic E-state index is -0.214. The molecular weight excluding hydrogens is 468 g/mol. The quantitative estimate of drug-likeness (QED) is 0.298. The molecule has 0 radical (unpaired) electrons. The zero-order valence-electron chi connectivity index (χ0n) is 19.9. The third-order valence-corrected chi connectivity index (χ3v) is 5.53. The van der Waals surface area contributed by atoms with Gasteiger partial charge in [-0.05, 0) is 42.0 Å². The van der Waals surface area contributed by atoms with E-state index in [1.165, 1.54) is 12.5 Å². The number of anilines is 1. The number of oxazole rings is 2. The van der Waals surface area contributed by atoms with Crippen molar-refractivity contribution in [2.45, 2.75) is 19.4 Å². The first-order valence-corrected chi connectivity index (χ1v) is 11.8. The van der Waals surface area contributed by atoms with Crippen LogP contribution in [0.4, 0.5) is 5.69 Å². The summed E-state index contributed by atoms with van der Waals surface area (Å²) in [6.07, 6.45) is 3.18. The summed E-state index contributed by atoms with van der Waals surface area (Å²) >= 11 is 0. The lowest BCUT2D eigenvalue weighted by atomic mass is 10.2. The van der Waals surface area contributed by atoms with Gasteiger partial charge < -0.3 is 19.5 Å². The van der Waals surface area contributed by atoms with Gasteiger partial charge in [0.25, 0.3) is 0 Å². The van der Waals surface area contributed by atoms with E-state index < -0.39 is 0 Å². The molecule has 8 heteroatoms. The van der Waals surface area contributed by atoms with Gasteiger partial charge in [-0.2, -0.15) is 0 Å². The second-order valence-corrected chi connectivity index (χ2v) is 8.40. The number of benzene rings is 3. The first-order chi connectivity index (χ1) is 18.1. The third-order valence-electron chi connectivity index (χ3n) is 5.53. The number of aromatic nitrogens is 2. The van der Waals surface area contributed by atoms with Crippen molar-refractivity contribution < 1.29 is 18.4 Å². The van der Waals surface area contributed by atoms with Gasteiger partial charge in [0.2, 0.25) is 23.6 Å². The smallest absolute Gasteiger partial charge is 0.230 e. The highest BCUT2D eigenvalue weighted by Crippen LogP contribution is 2.19. The van der Waals surface area contributed by atoms with Crippen LogP contribution in [0.5, 0.6) is 0 Å². The highest BCUT2D eigenvalue weighted by Gasteiger charge is 2.12. The molecule has 5 aromatic rings. The Bertz CT molecular complexity index is 1490. The molecule has 37 heavy (non-hydrogen) atoms. The molecule has 5 rings (SSSR count). The Balaban J connectivity index is 1.11. The molecule has 2 aromatic heterocycles. The summed E-state index contributed by atoms with van der Waals surface area (Å²) in [6, 6.07) is 26.3. The van der Waals surface area contributed by atoms with Crippen LogP contribution in [-0.4, -0.2) is 21.8 Å². The molecule has 2 N–H and O–H groups in total. The zero-order valence-corrected chi connectivity index (χ0v) is 19.9. The monoisotopic (exact) mass is 492 g/mol. The van der Waals surface area contributed by atoms with E-state index in [2.05, 4.69) is 20.6 Å². The predicted molar refractivity (Wildman–Crippen MR) is 138 cm³/mol. The van der Waals surface area contributed by atoms with E-state index >= 15 is 0 Å². The first kappa shape index (κ1) is 23.7. The van der Waals surface area contributed by atoms with Crippen molar-refractivity contribution in [2.75, 3.05) is 5.32 Å². The van der Waals surface area contributed by atoms with Crippen molar-refractivity contribution in [1.29, 1.82) is 0 Å². The van der Waals surface area contributed by atoms with Crippen LogP contribution in [0, 0.1) is 0 Å². The maximum Gasteiger partial charge on any atom is 0.230 e. The predicted octanol–water partition coefficient (Wildman–Crippen LogP) is 5.04. The number of carbonyl (C=O) groups excluding carboxylic acids is 2. The molecule has 0 atom stereocenters. The molecule has 0 saturated carbocycles. The van der Waals surface area contributed by atoms with E-state index in [4.69, 9.17) is 8.83 Å². The van der Waals surface area contributed by atoms with Crippen molar-refractivity contribution in [3.63, 3.8) is 0 Å². The molecule has 0 saturated heterocycles. The normalized spacial score (nSPS) is 10.7. The lowest BCUT2D eigenvalue weighted by Gasteiger charge is -2.08. The van der Waals surface area contributed by atoms with Crippen molar-refractivity contribution >= 4 is 17.5 Å². The van der Waals surface area contributed by atoms with Gasteiger partial charge in [-0.3, -0.25) is 9.59 Å². The number of amides is 2. The Kier molecular flexibility index (Phi) is 7.17. The van der Waals surface area contributed by atoms with Crippen LogP contribution >= 0.6 is 0 Å². The molecule has 0 bridgehead atoms. The summed E-state index contributed by atoms with van der Waals surface area (Å²) in [7, 11) is 0. The van der Waals surface area contributed by atoms with Crippen LogP contribution in [0.3, 0.4) is 0 Å². The minimum Gasteiger partial charge on any atom is -0.444 e. The fourth-order valence-corrected chi connectivity index (χ4v) is 3.76. The summed E-state index contributed by atoms with van der Waals surface area (Å²) in [6.45, 7) is 0.315. The minimum absolute atomic E-state index is 0.0833. The first-order valence-electron chi connectivity index (χ1n) is 11.8. The molecule has 0 unspecified atom stereocenters. The molecule has 8 nitrogen and oxygen atoms in total. The van der Waals surface area contributed by atoms with Crippen molar-refractivity contribution in [2.24, 2.45) is 0 Å². The number of carbonyl (C=O) groups is 2. The van der Waals surface area contributed by atoms with E-state index in [-0.39, 0.29) is 24.7 Å². The highest BCUT2D eigenvalue weighted by molar-refractivity contribution is 5.92. The maximum absolute atomic E-state index is 12.5. The summed E-state index contributed by atoms with van der Waals surface area (Å²) in [5.41, 5.74) is 4.29. The van der Waals surface area contributed by atoms with Gasteiger partial charge in [0, 0.05) is 23.4 Å². The Morgan fingerprint density at radius 1 is 0.676 bits per heavy atom. The van der Waals surface area contributed by atoms with Crippen LogP contribution < -0.4 is 10.6 Å². The fourth-order valence-electron chi connectivity index (χ4n) is 3.76. The van der Waals surface area contributed by atoms with Gasteiger partial charge in [0.15, 0.2) is 0 Å². The summed E-state index contributed by atoms with van der Waals surface area (Å²) < 4.78 is 11.0. The lowest BCUT2D eigenvalue weighted by molar-refractivity contribution is -0.120. The maximum atomic E-state index is 12.5. The third kappa shape index (κ3) is 6.37. The summed E-state index contributed by atoms with van der Waals surface area (Å²) in [5, 5.41) is 5.75. The van der Waals surface area contributed by atoms with Crippen LogP contribution in [0.2, 0.25) is 0 Å². The molecule has 0 aliphatic rings. The average Bonchev–Trinajstić information content (AvgIpc) is 3.59. The summed E-state index contributed by atoms with van der Waals surface area (Å²) in [4.78, 5) is 33.7. The van der Waals surface area contributed by atoms with Gasteiger partial charge in [-0.25, -0.2) is 9.97 Å². The molecule has 0 spiro atoms. The number of hydrogen-bond donors (Lipinski definition) is 2. The molecular formula is C29H24N4O4.